The summed E-state index contributed by atoms with van der Waals surface area (Å²) in [4.78, 5) is 13.5. The minimum Gasteiger partial charge on any atom is -0.438 e. The minimum absolute atomic E-state index is 0.134. The molecule has 0 amide bonds. The van der Waals surface area contributed by atoms with Gasteiger partial charge in [0, 0.05) is 46.6 Å². The Morgan fingerprint density at radius 3 is 2.76 bits per heavy atom. The summed E-state index contributed by atoms with van der Waals surface area (Å²) < 4.78 is 25.9. The standard InChI is InChI=1S/C25H19FN4O2S/c1-24(12-31-13-24)6-4-15-8-19-22(29-10-15)32-21-3-2-16(17-11-28-7-5-20(17)26)9-18(21)25(19)14-33-23(27)30-25/h2-3,5,7-11H,12-14H2,1H3,(H2,27,30)/t25-/m0/s1. The molecule has 1 fully saturated rings. The van der Waals surface area contributed by atoms with Crippen LogP contribution in [0.3, 0.4) is 0 Å². The predicted molar refractivity (Wildman–Crippen MR) is 125 cm³/mol. The smallest absolute Gasteiger partial charge is 0.225 e. The molecule has 33 heavy (non-hydrogen) atoms. The average Bonchev–Trinajstić information content (AvgIpc) is 3.19. The van der Waals surface area contributed by atoms with Gasteiger partial charge >= 0.3 is 0 Å². The fourth-order valence-electron chi connectivity index (χ4n) is 4.26. The second kappa shape index (κ2) is 7.30. The number of hydrogen-bond donors (Lipinski definition) is 1. The maximum Gasteiger partial charge on any atom is 0.225 e. The van der Waals surface area contributed by atoms with Crippen LogP contribution in [0.1, 0.15) is 23.6 Å². The van der Waals surface area contributed by atoms with Gasteiger partial charge in [-0.05, 0) is 36.8 Å². The van der Waals surface area contributed by atoms with Crippen LogP contribution in [-0.4, -0.2) is 34.1 Å². The van der Waals surface area contributed by atoms with Crippen LogP contribution in [0.2, 0.25) is 0 Å². The number of benzene rings is 1. The second-order valence-corrected chi connectivity index (χ2v) is 9.64. The number of ether oxygens (including phenoxy) is 2. The van der Waals surface area contributed by atoms with Crippen LogP contribution < -0.4 is 10.5 Å². The Kier molecular flexibility index (Phi) is 4.47. The Bertz CT molecular complexity index is 1390. The number of nitrogens with two attached hydrogens (primary N) is 1. The molecule has 5 heterocycles. The summed E-state index contributed by atoms with van der Waals surface area (Å²) in [5.41, 5.74) is 8.72. The fourth-order valence-corrected chi connectivity index (χ4v) is 5.21. The Labute approximate surface area is 194 Å². The van der Waals surface area contributed by atoms with Crippen molar-refractivity contribution in [1.29, 1.82) is 0 Å². The first-order chi connectivity index (χ1) is 16.0. The third-order valence-electron chi connectivity index (χ3n) is 6.09. The number of aromatic nitrogens is 2. The molecule has 164 valence electrons. The molecule has 1 atom stereocenters. The highest BCUT2D eigenvalue weighted by atomic mass is 32.2. The van der Waals surface area contributed by atoms with Gasteiger partial charge in [-0.15, -0.1) is 0 Å². The van der Waals surface area contributed by atoms with Gasteiger partial charge in [0.25, 0.3) is 0 Å². The lowest BCUT2D eigenvalue weighted by Gasteiger charge is -2.34. The lowest BCUT2D eigenvalue weighted by Crippen LogP contribution is -2.38. The molecule has 2 N–H and O–H groups in total. The largest absolute Gasteiger partial charge is 0.438 e. The highest BCUT2D eigenvalue weighted by molar-refractivity contribution is 8.14. The number of pyridine rings is 2. The van der Waals surface area contributed by atoms with Crippen molar-refractivity contribution < 1.29 is 13.9 Å². The Hall–Kier alpha value is -3.41. The van der Waals surface area contributed by atoms with Crippen molar-refractivity contribution in [2.75, 3.05) is 19.0 Å². The number of amidine groups is 1. The number of fused-ring (bicyclic) bond motifs is 4. The maximum absolute atomic E-state index is 14.5. The first kappa shape index (κ1) is 20.2. The van der Waals surface area contributed by atoms with Gasteiger partial charge in [0.2, 0.25) is 5.88 Å². The number of halogens is 1. The van der Waals surface area contributed by atoms with Crippen LogP contribution in [-0.2, 0) is 10.3 Å². The SMILES string of the molecule is CC1(C#Cc2cnc3c(c2)[C@]2(CSC(N)=N2)c2cc(-c4cnccc4F)ccc2O3)COC1. The molecule has 6 nitrogen and oxygen atoms in total. The van der Waals surface area contributed by atoms with E-state index in [1.54, 1.807) is 6.20 Å². The Balaban J connectivity index is 1.50. The first-order valence-electron chi connectivity index (χ1n) is 10.5. The zero-order chi connectivity index (χ0) is 22.6. The molecule has 3 aliphatic rings. The third kappa shape index (κ3) is 3.27. The van der Waals surface area contributed by atoms with E-state index in [9.17, 15) is 4.39 Å². The van der Waals surface area contributed by atoms with E-state index in [0.29, 0.717) is 46.9 Å². The lowest BCUT2D eigenvalue weighted by atomic mass is 9.81. The summed E-state index contributed by atoms with van der Waals surface area (Å²) in [5, 5.41) is 0.488. The van der Waals surface area contributed by atoms with Crippen molar-refractivity contribution in [3.8, 4) is 34.6 Å². The van der Waals surface area contributed by atoms with E-state index in [-0.39, 0.29) is 11.2 Å². The van der Waals surface area contributed by atoms with Crippen molar-refractivity contribution in [2.24, 2.45) is 16.1 Å². The van der Waals surface area contributed by atoms with Crippen molar-refractivity contribution in [2.45, 2.75) is 12.5 Å². The molecule has 0 aliphatic carbocycles. The highest BCUT2D eigenvalue weighted by Crippen LogP contribution is 2.53. The molecule has 1 saturated heterocycles. The fraction of sp³-hybridized carbons (Fsp3) is 0.240. The van der Waals surface area contributed by atoms with E-state index >= 15 is 0 Å². The van der Waals surface area contributed by atoms with Gasteiger partial charge in [0.15, 0.2) is 5.17 Å². The quantitative estimate of drug-likeness (QED) is 0.554. The molecule has 3 aliphatic heterocycles. The van der Waals surface area contributed by atoms with E-state index in [2.05, 4.69) is 28.7 Å². The molecule has 1 spiro atoms. The molecule has 1 aromatic carbocycles. The van der Waals surface area contributed by atoms with E-state index in [1.807, 2.05) is 24.3 Å². The van der Waals surface area contributed by atoms with Crippen LogP contribution in [0.4, 0.5) is 4.39 Å². The van der Waals surface area contributed by atoms with Crippen molar-refractivity contribution in [1.82, 2.24) is 9.97 Å². The van der Waals surface area contributed by atoms with Gasteiger partial charge in [-0.3, -0.25) is 4.98 Å². The lowest BCUT2D eigenvalue weighted by molar-refractivity contribution is -0.0648. The van der Waals surface area contributed by atoms with Gasteiger partial charge < -0.3 is 15.2 Å². The molecular weight excluding hydrogens is 439 g/mol. The summed E-state index contributed by atoms with van der Waals surface area (Å²) in [6, 6.07) is 8.87. The number of rotatable bonds is 1. The second-order valence-electron chi connectivity index (χ2n) is 8.65. The maximum atomic E-state index is 14.5. The number of hydrogen-bond acceptors (Lipinski definition) is 7. The molecular formula is C25H19FN4O2S. The molecule has 0 saturated carbocycles. The molecule has 0 unspecified atom stereocenters. The molecule has 8 heteroatoms. The van der Waals surface area contributed by atoms with Crippen molar-refractivity contribution in [3.63, 3.8) is 0 Å². The van der Waals surface area contributed by atoms with Crippen LogP contribution >= 0.6 is 11.8 Å². The Morgan fingerprint density at radius 1 is 1.15 bits per heavy atom. The zero-order valence-electron chi connectivity index (χ0n) is 17.8. The van der Waals surface area contributed by atoms with E-state index in [4.69, 9.17) is 20.2 Å². The molecule has 0 radical (unpaired) electrons. The summed E-state index contributed by atoms with van der Waals surface area (Å²) >= 11 is 1.48. The first-order valence-corrected chi connectivity index (χ1v) is 11.5. The predicted octanol–water partition coefficient (Wildman–Crippen LogP) is 4.08. The monoisotopic (exact) mass is 458 g/mol. The van der Waals surface area contributed by atoms with Crippen LogP contribution in [0.5, 0.6) is 11.6 Å². The zero-order valence-corrected chi connectivity index (χ0v) is 18.6. The van der Waals surface area contributed by atoms with Gasteiger partial charge in [0.05, 0.1) is 18.6 Å². The minimum atomic E-state index is -0.791. The molecule has 0 bridgehead atoms. The normalized spacial score (nSPS) is 21.7. The van der Waals surface area contributed by atoms with E-state index < -0.39 is 5.54 Å². The van der Waals surface area contributed by atoms with Gasteiger partial charge in [0.1, 0.15) is 17.1 Å². The topological polar surface area (TPSA) is 82.6 Å². The Morgan fingerprint density at radius 2 is 2.03 bits per heavy atom. The van der Waals surface area contributed by atoms with Gasteiger partial charge in [-0.25, -0.2) is 14.4 Å². The average molecular weight is 459 g/mol. The van der Waals surface area contributed by atoms with Crippen molar-refractivity contribution in [3.05, 3.63) is 71.4 Å². The number of thioether (sulfide) groups is 1. The van der Waals surface area contributed by atoms with Crippen LogP contribution in [0.15, 0.2) is 53.9 Å². The van der Waals surface area contributed by atoms with E-state index in [1.165, 1.54) is 30.2 Å². The van der Waals surface area contributed by atoms with Crippen LogP contribution in [0, 0.1) is 23.1 Å². The third-order valence-corrected chi connectivity index (χ3v) is 7.04. The summed E-state index contributed by atoms with van der Waals surface area (Å²) in [6.45, 7) is 3.34. The van der Waals surface area contributed by atoms with Gasteiger partial charge in [-0.2, -0.15) is 0 Å². The molecule has 6 rings (SSSR count). The molecule has 3 aromatic rings. The highest BCUT2D eigenvalue weighted by Gasteiger charge is 2.46. The summed E-state index contributed by atoms with van der Waals surface area (Å²) in [7, 11) is 0. The van der Waals surface area contributed by atoms with Crippen LogP contribution in [0.25, 0.3) is 11.1 Å². The number of aliphatic imine (C=N–C) groups is 1. The van der Waals surface area contributed by atoms with Crippen molar-refractivity contribution >= 4 is 16.9 Å². The van der Waals surface area contributed by atoms with Gasteiger partial charge in [-0.1, -0.05) is 29.7 Å². The summed E-state index contributed by atoms with van der Waals surface area (Å²) in [5.74, 6) is 7.87. The van der Waals surface area contributed by atoms with E-state index in [0.717, 1.165) is 16.7 Å². The summed E-state index contributed by atoms with van der Waals surface area (Å²) in [6.07, 6.45) is 4.66. The number of nitrogens with zero attached hydrogens (tertiary/aromatic N) is 3. The molecule has 2 aromatic heterocycles.